The summed E-state index contributed by atoms with van der Waals surface area (Å²) in [6.07, 6.45) is 2.50. The second-order valence-corrected chi connectivity index (χ2v) is 4.47. The van der Waals surface area contributed by atoms with Crippen LogP contribution < -0.4 is 5.56 Å². The van der Waals surface area contributed by atoms with Crippen LogP contribution in [0.4, 0.5) is 0 Å². The van der Waals surface area contributed by atoms with Crippen molar-refractivity contribution in [2.75, 3.05) is 0 Å². The van der Waals surface area contributed by atoms with Gasteiger partial charge in [0.2, 0.25) is 4.77 Å². The predicted molar refractivity (Wildman–Crippen MR) is 73.1 cm³/mol. The zero-order valence-electron chi connectivity index (χ0n) is 8.80. The minimum absolute atomic E-state index is 0.101. The quantitative estimate of drug-likeness (QED) is 0.684. The molecule has 0 amide bonds. The van der Waals surface area contributed by atoms with Crippen molar-refractivity contribution in [3.05, 3.63) is 55.1 Å². The molecule has 2 rings (SSSR count). The third kappa shape index (κ3) is 2.84. The van der Waals surface area contributed by atoms with E-state index in [1.807, 2.05) is 0 Å². The predicted octanol–water partition coefficient (Wildman–Crippen LogP) is 2.49. The maximum absolute atomic E-state index is 11.4. The van der Waals surface area contributed by atoms with E-state index in [0.29, 0.717) is 15.6 Å². The lowest BCUT2D eigenvalue weighted by atomic mass is 10.2. The van der Waals surface area contributed by atoms with Crippen molar-refractivity contribution in [3.8, 4) is 0 Å². The van der Waals surface area contributed by atoms with Crippen LogP contribution in [0.3, 0.4) is 0 Å². The molecule has 8 heteroatoms. The highest BCUT2D eigenvalue weighted by Crippen LogP contribution is 2.19. The minimum Gasteiger partial charge on any atom is -0.265 e. The van der Waals surface area contributed by atoms with Crippen LogP contribution in [0, 0.1) is 4.77 Å². The molecule has 1 N–H and O–H groups in total. The van der Waals surface area contributed by atoms with Crippen LogP contribution in [0.2, 0.25) is 10.0 Å². The van der Waals surface area contributed by atoms with Crippen molar-refractivity contribution >= 4 is 41.6 Å². The molecule has 1 aromatic heterocycles. The first kappa shape index (κ1) is 12.9. The number of aromatic nitrogens is 3. The summed E-state index contributed by atoms with van der Waals surface area (Å²) in [6, 6.07) is 4.94. The van der Waals surface area contributed by atoms with Crippen LogP contribution in [-0.2, 0) is 0 Å². The lowest BCUT2D eigenvalue weighted by Gasteiger charge is -1.99. The fourth-order valence-electron chi connectivity index (χ4n) is 1.18. The van der Waals surface area contributed by atoms with Crippen molar-refractivity contribution in [2.24, 2.45) is 5.10 Å². The van der Waals surface area contributed by atoms with E-state index in [1.54, 1.807) is 18.2 Å². The van der Waals surface area contributed by atoms with Crippen molar-refractivity contribution in [1.82, 2.24) is 14.9 Å². The first-order valence-corrected chi connectivity index (χ1v) is 5.90. The van der Waals surface area contributed by atoms with Crippen molar-refractivity contribution in [3.63, 3.8) is 0 Å². The molecule has 0 aliphatic rings. The summed E-state index contributed by atoms with van der Waals surface area (Å²) in [4.78, 5) is 11.4. The molecular weight excluding hydrogens is 295 g/mol. The van der Waals surface area contributed by atoms with Crippen molar-refractivity contribution in [2.45, 2.75) is 0 Å². The second kappa shape index (κ2) is 5.43. The molecule has 0 fully saturated rings. The molecule has 5 nitrogen and oxygen atoms in total. The number of nitrogens with one attached hydrogen (secondary N) is 1. The number of nitrogens with zero attached hydrogens (tertiary/aromatic N) is 3. The molecule has 0 saturated heterocycles. The molecule has 0 radical (unpaired) electrons. The fraction of sp³-hybridized carbons (Fsp3) is 0. The molecule has 2 aromatic rings. The molecule has 92 valence electrons. The van der Waals surface area contributed by atoms with Crippen LogP contribution >= 0.6 is 35.4 Å². The van der Waals surface area contributed by atoms with E-state index >= 15 is 0 Å². The zero-order valence-corrected chi connectivity index (χ0v) is 11.1. The fourth-order valence-corrected chi connectivity index (χ4v) is 1.83. The lowest BCUT2D eigenvalue weighted by Crippen LogP contribution is -2.18. The summed E-state index contributed by atoms with van der Waals surface area (Å²) < 4.78 is 1.11. The van der Waals surface area contributed by atoms with Gasteiger partial charge in [0.15, 0.2) is 0 Å². The number of H-pyrrole nitrogens is 1. The highest BCUT2D eigenvalue weighted by Gasteiger charge is 1.99. The topological polar surface area (TPSA) is 63.0 Å². The highest BCUT2D eigenvalue weighted by atomic mass is 35.5. The van der Waals surface area contributed by atoms with Gasteiger partial charge in [-0.25, -0.2) is 0 Å². The molecule has 0 aliphatic heterocycles. The summed E-state index contributed by atoms with van der Waals surface area (Å²) in [5.41, 5.74) is 0.194. The monoisotopic (exact) mass is 300 g/mol. The number of hydrogen-bond acceptors (Lipinski definition) is 4. The number of benzene rings is 1. The number of hydrogen-bond donors (Lipinski definition) is 1. The third-order valence-electron chi connectivity index (χ3n) is 2.01. The van der Waals surface area contributed by atoms with E-state index in [1.165, 1.54) is 6.21 Å². The van der Waals surface area contributed by atoms with E-state index in [9.17, 15) is 4.79 Å². The maximum atomic E-state index is 11.4. The van der Waals surface area contributed by atoms with E-state index in [4.69, 9.17) is 35.4 Å². The lowest BCUT2D eigenvalue weighted by molar-refractivity contribution is 0.738. The molecule has 0 bridgehead atoms. The van der Waals surface area contributed by atoms with Crippen LogP contribution in [0.15, 0.2) is 34.3 Å². The van der Waals surface area contributed by atoms with Gasteiger partial charge in [-0.15, -0.1) is 0 Å². The Labute approximate surface area is 117 Å². The molecule has 1 heterocycles. The summed E-state index contributed by atoms with van der Waals surface area (Å²) in [5.74, 6) is 0. The highest BCUT2D eigenvalue weighted by molar-refractivity contribution is 7.71. The average molecular weight is 301 g/mol. The van der Waals surface area contributed by atoms with Gasteiger partial charge in [0.1, 0.15) is 6.20 Å². The van der Waals surface area contributed by atoms with Crippen LogP contribution in [0.25, 0.3) is 0 Å². The van der Waals surface area contributed by atoms with Crippen molar-refractivity contribution < 1.29 is 0 Å². The Morgan fingerprint density at radius 2 is 2.22 bits per heavy atom. The molecule has 0 atom stereocenters. The van der Waals surface area contributed by atoms with Gasteiger partial charge in [0.25, 0.3) is 5.56 Å². The normalized spacial score (nSPS) is 11.0. The Hall–Kier alpha value is -1.50. The first-order valence-electron chi connectivity index (χ1n) is 4.74. The zero-order chi connectivity index (χ0) is 13.1. The van der Waals surface area contributed by atoms with Crippen LogP contribution in [0.5, 0.6) is 0 Å². The summed E-state index contributed by atoms with van der Waals surface area (Å²) in [5, 5.41) is 10.9. The largest absolute Gasteiger partial charge is 0.293 e. The molecular formula is C10H6Cl2N4OS. The number of rotatable bonds is 2. The molecule has 0 aliphatic carbocycles. The van der Waals surface area contributed by atoms with Gasteiger partial charge >= 0.3 is 0 Å². The van der Waals surface area contributed by atoms with Gasteiger partial charge in [-0.05, 0) is 24.4 Å². The third-order valence-corrected chi connectivity index (χ3v) is 2.84. The Morgan fingerprint density at radius 1 is 1.44 bits per heavy atom. The molecule has 18 heavy (non-hydrogen) atoms. The Balaban J connectivity index is 2.42. The van der Waals surface area contributed by atoms with Gasteiger partial charge in [-0.2, -0.15) is 14.9 Å². The Morgan fingerprint density at radius 3 is 2.89 bits per heavy atom. The van der Waals surface area contributed by atoms with E-state index in [2.05, 4.69) is 15.3 Å². The summed E-state index contributed by atoms with van der Waals surface area (Å²) in [6.45, 7) is 0. The van der Waals surface area contributed by atoms with Gasteiger partial charge in [-0.3, -0.25) is 9.89 Å². The summed E-state index contributed by atoms with van der Waals surface area (Å²) in [7, 11) is 0. The number of aromatic amines is 1. The smallest absolute Gasteiger partial charge is 0.265 e. The molecule has 0 unspecified atom stereocenters. The first-order chi connectivity index (χ1) is 8.58. The maximum Gasteiger partial charge on any atom is 0.293 e. The SMILES string of the molecule is O=c1cn[nH]c(=S)n1/N=C/c1ccc(Cl)cc1Cl. The van der Waals surface area contributed by atoms with Gasteiger partial charge in [0, 0.05) is 10.6 Å². The molecule has 0 spiro atoms. The summed E-state index contributed by atoms with van der Waals surface area (Å²) >= 11 is 16.6. The number of halogens is 2. The minimum atomic E-state index is -0.430. The Kier molecular flexibility index (Phi) is 3.90. The Bertz CT molecular complexity index is 694. The van der Waals surface area contributed by atoms with E-state index in [0.717, 1.165) is 10.9 Å². The van der Waals surface area contributed by atoms with E-state index in [-0.39, 0.29) is 4.77 Å². The van der Waals surface area contributed by atoms with Crippen molar-refractivity contribution in [1.29, 1.82) is 0 Å². The molecule has 1 aromatic carbocycles. The van der Waals surface area contributed by atoms with Gasteiger partial charge in [0.05, 0.1) is 11.2 Å². The van der Waals surface area contributed by atoms with Gasteiger partial charge in [-0.1, -0.05) is 29.3 Å². The van der Waals surface area contributed by atoms with Crippen LogP contribution in [-0.4, -0.2) is 21.1 Å². The standard InChI is InChI=1S/C10H6Cl2N4OS/c11-7-2-1-6(8(12)3-7)4-14-16-9(17)5-13-15-10(16)18/h1-5H,(H,15,18)/b14-4+. The molecule has 0 saturated carbocycles. The van der Waals surface area contributed by atoms with Crippen LogP contribution in [0.1, 0.15) is 5.56 Å². The van der Waals surface area contributed by atoms with E-state index < -0.39 is 5.56 Å². The average Bonchev–Trinajstić information content (AvgIpc) is 2.31. The van der Waals surface area contributed by atoms with Gasteiger partial charge < -0.3 is 0 Å². The second-order valence-electron chi connectivity index (χ2n) is 3.24.